The van der Waals surface area contributed by atoms with Crippen molar-refractivity contribution in [2.75, 3.05) is 18.8 Å². The molecule has 1 aliphatic carbocycles. The van der Waals surface area contributed by atoms with Crippen LogP contribution in [-0.4, -0.2) is 42.8 Å². The molecule has 1 aliphatic heterocycles. The molecule has 0 aromatic rings. The number of rotatable bonds is 4. The molecule has 0 radical (unpaired) electrons. The van der Waals surface area contributed by atoms with E-state index in [4.69, 9.17) is 0 Å². The van der Waals surface area contributed by atoms with Gasteiger partial charge in [0.1, 0.15) is 0 Å². The van der Waals surface area contributed by atoms with E-state index in [2.05, 4.69) is 0 Å². The van der Waals surface area contributed by atoms with Crippen molar-refractivity contribution in [3.8, 4) is 0 Å². The smallest absolute Gasteiger partial charge is 0.214 e. The second kappa shape index (κ2) is 4.39. The number of hydrogen-bond donors (Lipinski definition) is 1. The van der Waals surface area contributed by atoms with Gasteiger partial charge in [-0.05, 0) is 25.2 Å². The first kappa shape index (κ1) is 11.4. The fourth-order valence-corrected chi connectivity index (χ4v) is 3.72. The highest BCUT2D eigenvalue weighted by Gasteiger charge is 2.30. The summed E-state index contributed by atoms with van der Waals surface area (Å²) in [5, 5.41) is 9.43. The first-order valence-electron chi connectivity index (χ1n) is 5.74. The Morgan fingerprint density at radius 3 is 2.60 bits per heavy atom. The van der Waals surface area contributed by atoms with Crippen molar-refractivity contribution in [1.82, 2.24) is 4.31 Å². The van der Waals surface area contributed by atoms with E-state index in [1.54, 1.807) is 0 Å². The van der Waals surface area contributed by atoms with Crippen molar-refractivity contribution in [1.29, 1.82) is 0 Å². The first-order chi connectivity index (χ1) is 7.08. The molecule has 2 aliphatic rings. The van der Waals surface area contributed by atoms with Crippen LogP contribution in [0.15, 0.2) is 0 Å². The minimum atomic E-state index is -3.10. The molecular weight excluding hydrogens is 214 g/mol. The number of piperidine rings is 1. The normalized spacial score (nSPS) is 29.3. The van der Waals surface area contributed by atoms with Crippen molar-refractivity contribution in [3.05, 3.63) is 0 Å². The molecule has 1 unspecified atom stereocenters. The van der Waals surface area contributed by atoms with Gasteiger partial charge in [-0.2, -0.15) is 4.31 Å². The average molecular weight is 233 g/mol. The van der Waals surface area contributed by atoms with E-state index >= 15 is 0 Å². The summed E-state index contributed by atoms with van der Waals surface area (Å²) >= 11 is 0. The van der Waals surface area contributed by atoms with E-state index in [1.807, 2.05) is 0 Å². The second-order valence-electron chi connectivity index (χ2n) is 4.70. The standard InChI is InChI=1S/C10H19NO3S/c12-10-2-1-6-11(8-10)15(13,14)7-5-9-3-4-9/h9-10,12H,1-8H2. The van der Waals surface area contributed by atoms with E-state index in [1.165, 1.54) is 17.1 Å². The summed E-state index contributed by atoms with van der Waals surface area (Å²) in [6.07, 6.45) is 4.23. The topological polar surface area (TPSA) is 57.6 Å². The van der Waals surface area contributed by atoms with Crippen molar-refractivity contribution in [2.45, 2.75) is 38.2 Å². The van der Waals surface area contributed by atoms with Gasteiger partial charge >= 0.3 is 0 Å². The monoisotopic (exact) mass is 233 g/mol. The Balaban J connectivity index is 1.88. The summed E-state index contributed by atoms with van der Waals surface area (Å²) in [5.41, 5.74) is 0. The molecule has 15 heavy (non-hydrogen) atoms. The van der Waals surface area contributed by atoms with E-state index in [0.29, 0.717) is 19.0 Å². The van der Waals surface area contributed by atoms with Gasteiger partial charge in [0.15, 0.2) is 0 Å². The molecular formula is C10H19NO3S. The molecule has 1 saturated carbocycles. The largest absolute Gasteiger partial charge is 0.392 e. The van der Waals surface area contributed by atoms with Crippen molar-refractivity contribution in [2.24, 2.45) is 5.92 Å². The molecule has 0 aromatic carbocycles. The molecule has 1 saturated heterocycles. The van der Waals surface area contributed by atoms with Gasteiger partial charge in [-0.1, -0.05) is 12.8 Å². The number of aliphatic hydroxyl groups is 1. The van der Waals surface area contributed by atoms with Crippen LogP contribution in [0.5, 0.6) is 0 Å². The lowest BCUT2D eigenvalue weighted by Gasteiger charge is -2.29. The molecule has 88 valence electrons. The third kappa shape index (κ3) is 3.16. The highest BCUT2D eigenvalue weighted by molar-refractivity contribution is 7.89. The van der Waals surface area contributed by atoms with Crippen LogP contribution in [0.3, 0.4) is 0 Å². The molecule has 1 heterocycles. The molecule has 1 N–H and O–H groups in total. The number of nitrogens with zero attached hydrogens (tertiary/aromatic N) is 1. The lowest BCUT2D eigenvalue weighted by atomic mass is 10.1. The van der Waals surface area contributed by atoms with Crippen LogP contribution in [-0.2, 0) is 10.0 Å². The number of aliphatic hydroxyl groups excluding tert-OH is 1. The van der Waals surface area contributed by atoms with Gasteiger partial charge < -0.3 is 5.11 Å². The minimum Gasteiger partial charge on any atom is -0.392 e. The summed E-state index contributed by atoms with van der Waals surface area (Å²) in [6.45, 7) is 0.886. The van der Waals surface area contributed by atoms with Crippen LogP contribution < -0.4 is 0 Å². The Morgan fingerprint density at radius 2 is 2.00 bits per heavy atom. The van der Waals surface area contributed by atoms with Gasteiger partial charge in [0.25, 0.3) is 0 Å². The molecule has 1 atom stereocenters. The molecule has 5 heteroatoms. The Labute approximate surface area is 91.3 Å². The number of hydrogen-bond acceptors (Lipinski definition) is 3. The first-order valence-corrected chi connectivity index (χ1v) is 7.35. The van der Waals surface area contributed by atoms with Gasteiger partial charge in [0.2, 0.25) is 10.0 Å². The highest BCUT2D eigenvalue weighted by Crippen LogP contribution is 2.33. The minimum absolute atomic E-state index is 0.268. The fraction of sp³-hybridized carbons (Fsp3) is 1.00. The Kier molecular flexibility index (Phi) is 3.33. The molecule has 0 aromatic heterocycles. The number of β-amino-alcohol motifs (C(OH)–C–C–N with tert-alkyl or cyclic N) is 1. The van der Waals surface area contributed by atoms with Gasteiger partial charge in [-0.25, -0.2) is 8.42 Å². The number of sulfonamides is 1. The predicted molar refractivity (Wildman–Crippen MR) is 57.9 cm³/mol. The zero-order chi connectivity index (χ0) is 10.9. The SMILES string of the molecule is O=S(=O)(CCC1CC1)N1CCCC(O)C1. The summed E-state index contributed by atoms with van der Waals surface area (Å²) in [5.74, 6) is 0.916. The quantitative estimate of drug-likeness (QED) is 0.772. The van der Waals surface area contributed by atoms with Gasteiger partial charge in [-0.3, -0.25) is 0 Å². The maximum Gasteiger partial charge on any atom is 0.214 e. The van der Waals surface area contributed by atoms with Crippen molar-refractivity contribution in [3.63, 3.8) is 0 Å². The van der Waals surface area contributed by atoms with Crippen LogP contribution in [0, 0.1) is 5.92 Å². The molecule has 2 fully saturated rings. The van der Waals surface area contributed by atoms with Crippen molar-refractivity contribution >= 4 is 10.0 Å². The Morgan fingerprint density at radius 1 is 1.27 bits per heavy atom. The molecule has 4 nitrogen and oxygen atoms in total. The molecule has 0 amide bonds. The third-order valence-corrected chi connectivity index (χ3v) is 5.10. The third-order valence-electron chi connectivity index (χ3n) is 3.23. The summed E-state index contributed by atoms with van der Waals surface area (Å²) in [7, 11) is -3.10. The van der Waals surface area contributed by atoms with Gasteiger partial charge in [0.05, 0.1) is 11.9 Å². The van der Waals surface area contributed by atoms with Crippen LogP contribution in [0.4, 0.5) is 0 Å². The van der Waals surface area contributed by atoms with Crippen LogP contribution in [0.2, 0.25) is 0 Å². The van der Waals surface area contributed by atoms with Crippen LogP contribution >= 0.6 is 0 Å². The molecule has 0 bridgehead atoms. The van der Waals surface area contributed by atoms with E-state index in [0.717, 1.165) is 19.3 Å². The highest BCUT2D eigenvalue weighted by atomic mass is 32.2. The van der Waals surface area contributed by atoms with E-state index in [9.17, 15) is 13.5 Å². The molecule has 0 spiro atoms. The zero-order valence-corrected chi connectivity index (χ0v) is 9.75. The van der Waals surface area contributed by atoms with E-state index < -0.39 is 16.1 Å². The summed E-state index contributed by atoms with van der Waals surface area (Å²) < 4.78 is 25.2. The second-order valence-corrected chi connectivity index (χ2v) is 6.79. The zero-order valence-electron chi connectivity index (χ0n) is 8.93. The summed E-state index contributed by atoms with van der Waals surface area (Å²) in [6, 6.07) is 0. The van der Waals surface area contributed by atoms with E-state index in [-0.39, 0.29) is 5.75 Å². The predicted octanol–water partition coefficient (Wildman–Crippen LogP) is 0.573. The van der Waals surface area contributed by atoms with Crippen LogP contribution in [0.25, 0.3) is 0 Å². The average Bonchev–Trinajstić information content (AvgIpc) is 2.98. The summed E-state index contributed by atoms with van der Waals surface area (Å²) in [4.78, 5) is 0. The van der Waals surface area contributed by atoms with Crippen LogP contribution in [0.1, 0.15) is 32.1 Å². The van der Waals surface area contributed by atoms with Gasteiger partial charge in [-0.15, -0.1) is 0 Å². The lowest BCUT2D eigenvalue weighted by Crippen LogP contribution is -2.43. The maximum absolute atomic E-state index is 11.9. The molecule has 2 rings (SSSR count). The Hall–Kier alpha value is -0.130. The fourth-order valence-electron chi connectivity index (χ4n) is 2.02. The Bertz CT molecular complexity index is 311. The lowest BCUT2D eigenvalue weighted by molar-refractivity contribution is 0.108. The van der Waals surface area contributed by atoms with Crippen molar-refractivity contribution < 1.29 is 13.5 Å². The maximum atomic E-state index is 11.9. The van der Waals surface area contributed by atoms with Gasteiger partial charge in [0, 0.05) is 13.1 Å².